The maximum atomic E-state index is 13.0. The number of nitrogens with zero attached hydrogens (tertiary/aromatic N) is 1. The van der Waals surface area contributed by atoms with Gasteiger partial charge in [-0.3, -0.25) is 4.79 Å². The van der Waals surface area contributed by atoms with Gasteiger partial charge in [-0.2, -0.15) is 5.26 Å². The summed E-state index contributed by atoms with van der Waals surface area (Å²) in [6, 6.07) is 18.8. The van der Waals surface area contributed by atoms with Gasteiger partial charge in [0, 0.05) is 5.69 Å². The second kappa shape index (κ2) is 10.3. The number of hydrogen-bond acceptors (Lipinski definition) is 4. The van der Waals surface area contributed by atoms with Crippen molar-refractivity contribution in [1.29, 1.82) is 5.26 Å². The lowest BCUT2D eigenvalue weighted by Crippen LogP contribution is -2.14. The standard InChI is InChI=1S/C26H23FN2O3/c1-17-4-10-23(18(2)12-17)29-26(30)21(15-28)13-20-7-11-24(25(14-20)31-3)32-16-19-5-8-22(27)9-6-19/h4-14H,16H2,1-3H3,(H,29,30). The Morgan fingerprint density at radius 1 is 1.06 bits per heavy atom. The summed E-state index contributed by atoms with van der Waals surface area (Å²) in [6.45, 7) is 4.11. The lowest BCUT2D eigenvalue weighted by molar-refractivity contribution is -0.112. The smallest absolute Gasteiger partial charge is 0.266 e. The zero-order valence-electron chi connectivity index (χ0n) is 18.1. The molecule has 3 rings (SSSR count). The van der Waals surface area contributed by atoms with Crippen molar-refractivity contribution < 1.29 is 18.7 Å². The average Bonchev–Trinajstić information content (AvgIpc) is 2.79. The van der Waals surface area contributed by atoms with Crippen molar-refractivity contribution in [2.45, 2.75) is 20.5 Å². The normalized spacial score (nSPS) is 10.9. The van der Waals surface area contributed by atoms with Gasteiger partial charge in [0.25, 0.3) is 5.91 Å². The molecule has 0 aliphatic heterocycles. The van der Waals surface area contributed by atoms with Crippen molar-refractivity contribution in [1.82, 2.24) is 0 Å². The van der Waals surface area contributed by atoms with E-state index in [2.05, 4.69) is 5.32 Å². The predicted octanol–water partition coefficient (Wildman–Crippen LogP) is 5.58. The fourth-order valence-electron chi connectivity index (χ4n) is 3.09. The van der Waals surface area contributed by atoms with Gasteiger partial charge in [0.1, 0.15) is 24.1 Å². The topological polar surface area (TPSA) is 71.3 Å². The van der Waals surface area contributed by atoms with Gasteiger partial charge in [-0.15, -0.1) is 0 Å². The number of methoxy groups -OCH3 is 1. The molecule has 0 bridgehead atoms. The van der Waals surface area contributed by atoms with Crippen LogP contribution in [0.15, 0.2) is 66.2 Å². The van der Waals surface area contributed by atoms with Crippen molar-refractivity contribution in [3.63, 3.8) is 0 Å². The van der Waals surface area contributed by atoms with Crippen LogP contribution in [0.3, 0.4) is 0 Å². The lowest BCUT2D eigenvalue weighted by Gasteiger charge is -2.12. The Balaban J connectivity index is 1.76. The van der Waals surface area contributed by atoms with E-state index in [-0.39, 0.29) is 18.0 Å². The minimum Gasteiger partial charge on any atom is -0.493 e. The van der Waals surface area contributed by atoms with Crippen LogP contribution >= 0.6 is 0 Å². The molecule has 3 aromatic rings. The number of ether oxygens (including phenoxy) is 2. The maximum absolute atomic E-state index is 13.0. The number of halogens is 1. The molecular formula is C26H23FN2O3. The Morgan fingerprint density at radius 3 is 2.47 bits per heavy atom. The summed E-state index contributed by atoms with van der Waals surface area (Å²) in [6.07, 6.45) is 1.49. The third kappa shape index (κ3) is 5.73. The Hall–Kier alpha value is -4.11. The first kappa shape index (κ1) is 22.6. The van der Waals surface area contributed by atoms with Crippen molar-refractivity contribution in [2.75, 3.05) is 12.4 Å². The van der Waals surface area contributed by atoms with Gasteiger partial charge in [0.05, 0.1) is 7.11 Å². The molecule has 1 N–H and O–H groups in total. The van der Waals surface area contributed by atoms with E-state index in [0.29, 0.717) is 22.7 Å². The molecule has 0 fully saturated rings. The van der Waals surface area contributed by atoms with E-state index >= 15 is 0 Å². The second-order valence-corrected chi connectivity index (χ2v) is 7.27. The zero-order chi connectivity index (χ0) is 23.1. The molecule has 3 aromatic carbocycles. The van der Waals surface area contributed by atoms with Crippen LogP contribution in [0.25, 0.3) is 6.08 Å². The largest absolute Gasteiger partial charge is 0.493 e. The van der Waals surface area contributed by atoms with E-state index in [1.165, 1.54) is 25.3 Å². The first-order valence-electron chi connectivity index (χ1n) is 9.95. The fraction of sp³-hybridized carbons (Fsp3) is 0.154. The molecule has 0 aliphatic rings. The molecule has 162 valence electrons. The van der Waals surface area contributed by atoms with Crippen LogP contribution in [0.4, 0.5) is 10.1 Å². The number of carbonyl (C=O) groups excluding carboxylic acids is 1. The molecule has 0 unspecified atom stereocenters. The molecule has 0 radical (unpaired) electrons. The third-order valence-corrected chi connectivity index (χ3v) is 4.80. The SMILES string of the molecule is COc1cc(C=C(C#N)C(=O)Nc2ccc(C)cc2C)ccc1OCc1ccc(F)cc1. The van der Waals surface area contributed by atoms with E-state index in [4.69, 9.17) is 9.47 Å². The van der Waals surface area contributed by atoms with Crippen molar-refractivity contribution in [3.8, 4) is 17.6 Å². The molecule has 0 saturated carbocycles. The molecule has 0 saturated heterocycles. The summed E-state index contributed by atoms with van der Waals surface area (Å²) in [5, 5.41) is 12.3. The van der Waals surface area contributed by atoms with Gasteiger partial charge in [-0.25, -0.2) is 4.39 Å². The molecule has 0 spiro atoms. The van der Waals surface area contributed by atoms with E-state index < -0.39 is 5.91 Å². The lowest BCUT2D eigenvalue weighted by atomic mass is 10.1. The summed E-state index contributed by atoms with van der Waals surface area (Å²) in [7, 11) is 1.51. The number of rotatable bonds is 7. The van der Waals surface area contributed by atoms with E-state index in [9.17, 15) is 14.4 Å². The van der Waals surface area contributed by atoms with Gasteiger partial charge < -0.3 is 14.8 Å². The van der Waals surface area contributed by atoms with Crippen LogP contribution in [0.5, 0.6) is 11.5 Å². The molecule has 1 amide bonds. The van der Waals surface area contributed by atoms with Crippen LogP contribution in [-0.2, 0) is 11.4 Å². The first-order valence-corrected chi connectivity index (χ1v) is 9.95. The van der Waals surface area contributed by atoms with Gasteiger partial charge in [-0.05, 0) is 66.9 Å². The number of amides is 1. The first-order chi connectivity index (χ1) is 15.4. The van der Waals surface area contributed by atoms with Crippen molar-refractivity contribution in [2.24, 2.45) is 0 Å². The highest BCUT2D eigenvalue weighted by Gasteiger charge is 2.12. The summed E-state index contributed by atoms with van der Waals surface area (Å²) in [5.74, 6) is 0.146. The van der Waals surface area contributed by atoms with Crippen LogP contribution in [0.2, 0.25) is 0 Å². The molecule has 0 heterocycles. The van der Waals surface area contributed by atoms with E-state index in [1.807, 2.05) is 38.1 Å². The summed E-state index contributed by atoms with van der Waals surface area (Å²) < 4.78 is 24.2. The number of anilines is 1. The van der Waals surface area contributed by atoms with Crippen LogP contribution in [0, 0.1) is 31.0 Å². The van der Waals surface area contributed by atoms with Crippen molar-refractivity contribution in [3.05, 3.63) is 94.3 Å². The van der Waals surface area contributed by atoms with Crippen LogP contribution < -0.4 is 14.8 Å². The fourth-order valence-corrected chi connectivity index (χ4v) is 3.09. The highest BCUT2D eigenvalue weighted by Crippen LogP contribution is 2.30. The predicted molar refractivity (Wildman–Crippen MR) is 122 cm³/mol. The highest BCUT2D eigenvalue weighted by atomic mass is 19.1. The highest BCUT2D eigenvalue weighted by molar-refractivity contribution is 6.10. The number of nitrogens with one attached hydrogen (secondary N) is 1. The monoisotopic (exact) mass is 430 g/mol. The van der Waals surface area contributed by atoms with E-state index in [1.54, 1.807) is 30.3 Å². The molecule has 32 heavy (non-hydrogen) atoms. The number of nitriles is 1. The molecule has 0 aromatic heterocycles. The van der Waals surface area contributed by atoms with Crippen LogP contribution in [0.1, 0.15) is 22.3 Å². The molecule has 6 heteroatoms. The Morgan fingerprint density at radius 2 is 1.81 bits per heavy atom. The minimum absolute atomic E-state index is 0.0352. The minimum atomic E-state index is -0.491. The third-order valence-electron chi connectivity index (χ3n) is 4.80. The molecular weight excluding hydrogens is 407 g/mol. The van der Waals surface area contributed by atoms with Crippen molar-refractivity contribution >= 4 is 17.7 Å². The number of hydrogen-bond donors (Lipinski definition) is 1. The second-order valence-electron chi connectivity index (χ2n) is 7.27. The summed E-state index contributed by atoms with van der Waals surface area (Å²) in [5.41, 5.74) is 4.05. The number of benzene rings is 3. The van der Waals surface area contributed by atoms with Gasteiger partial charge in [0.2, 0.25) is 0 Å². The Kier molecular flexibility index (Phi) is 7.25. The maximum Gasteiger partial charge on any atom is 0.266 e. The van der Waals surface area contributed by atoms with Crippen LogP contribution in [-0.4, -0.2) is 13.0 Å². The molecule has 0 aliphatic carbocycles. The van der Waals surface area contributed by atoms with E-state index in [0.717, 1.165) is 16.7 Å². The summed E-state index contributed by atoms with van der Waals surface area (Å²) >= 11 is 0. The number of aryl methyl sites for hydroxylation is 2. The average molecular weight is 430 g/mol. The zero-order valence-corrected chi connectivity index (χ0v) is 18.1. The van der Waals surface area contributed by atoms with Gasteiger partial charge in [0.15, 0.2) is 11.5 Å². The number of carbonyl (C=O) groups is 1. The molecule has 0 atom stereocenters. The van der Waals surface area contributed by atoms with Gasteiger partial charge >= 0.3 is 0 Å². The Labute approximate surface area is 186 Å². The summed E-state index contributed by atoms with van der Waals surface area (Å²) in [4.78, 5) is 12.6. The Bertz CT molecular complexity index is 1190. The molecule has 5 nitrogen and oxygen atoms in total. The van der Waals surface area contributed by atoms with Gasteiger partial charge in [-0.1, -0.05) is 35.9 Å². The quantitative estimate of drug-likeness (QED) is 0.393.